The Morgan fingerprint density at radius 1 is 1.00 bits per heavy atom. The molecule has 1 atom stereocenters. The van der Waals surface area contributed by atoms with Crippen molar-refractivity contribution in [3.8, 4) is 11.1 Å². The molecule has 0 N–H and O–H groups in total. The van der Waals surface area contributed by atoms with Crippen molar-refractivity contribution in [3.05, 3.63) is 95.1 Å². The number of halogens is 2. The van der Waals surface area contributed by atoms with Crippen LogP contribution in [0.25, 0.3) is 11.1 Å². The summed E-state index contributed by atoms with van der Waals surface area (Å²) in [6.45, 7) is 14.8. The van der Waals surface area contributed by atoms with Gasteiger partial charge in [-0.15, -0.1) is 24.6 Å². The zero-order valence-corrected chi connectivity index (χ0v) is 23.0. The monoisotopic (exact) mass is 590 g/mol. The first-order chi connectivity index (χ1) is 12.4. The number of hydrogen-bond acceptors (Lipinski definition) is 0. The number of fused-ring (bicyclic) bond motifs is 3. The zero-order valence-electron chi connectivity index (χ0n) is 17.9. The van der Waals surface area contributed by atoms with Gasteiger partial charge in [0.15, 0.2) is 0 Å². The number of hydrogen-bond donors (Lipinski definition) is 0. The molecule has 0 aliphatic heterocycles. The van der Waals surface area contributed by atoms with E-state index >= 15 is 0 Å². The molecule has 0 radical (unpaired) electrons. The molecule has 0 saturated carbocycles. The average molecular weight is 590 g/mol. The molecule has 2 aliphatic rings. The van der Waals surface area contributed by atoms with Gasteiger partial charge in [0.05, 0.1) is 0 Å². The van der Waals surface area contributed by atoms with Gasteiger partial charge >= 0.3 is 25.8 Å². The molecule has 1 unspecified atom stereocenters. The van der Waals surface area contributed by atoms with Crippen LogP contribution in [0.1, 0.15) is 58.1 Å². The minimum Gasteiger partial charge on any atom is -1.00 e. The largest absolute Gasteiger partial charge is 4.00 e. The van der Waals surface area contributed by atoms with Crippen LogP contribution >= 0.6 is 0 Å². The van der Waals surface area contributed by atoms with Crippen LogP contribution in [0.2, 0.25) is 0 Å². The normalized spacial score (nSPS) is 17.3. The van der Waals surface area contributed by atoms with Gasteiger partial charge in [0.25, 0.3) is 0 Å². The third-order valence-electron chi connectivity index (χ3n) is 5.83. The van der Waals surface area contributed by atoms with Crippen molar-refractivity contribution in [2.45, 2.75) is 47.0 Å². The molecule has 0 heterocycles. The summed E-state index contributed by atoms with van der Waals surface area (Å²) in [5, 5.41) is 0. The standard InChI is InChI=1S/C16H13.C10H15.2ClH.Hf/c1-2-7-12-13-8-3-5-10-15(13)16-11-6-4-9-14(12)16;1-7-6-10(4,5)9(3)8(7)2;;;/h2-6,8,10-12H,1,7H2;1-5H3;2*1H;/q2*-1;;;+4/p-2. The topological polar surface area (TPSA) is 0 Å². The zero-order chi connectivity index (χ0) is 18.9. The summed E-state index contributed by atoms with van der Waals surface area (Å²) in [7, 11) is 0. The van der Waals surface area contributed by atoms with Crippen LogP contribution in [-0.2, 0) is 25.8 Å². The Morgan fingerprint density at radius 3 is 2.14 bits per heavy atom. The second-order valence-electron chi connectivity index (χ2n) is 7.79. The van der Waals surface area contributed by atoms with Gasteiger partial charge in [-0.25, -0.2) is 5.57 Å². The molecule has 0 fully saturated rings. The van der Waals surface area contributed by atoms with E-state index in [9.17, 15) is 0 Å². The second-order valence-corrected chi connectivity index (χ2v) is 7.79. The van der Waals surface area contributed by atoms with E-state index in [1.165, 1.54) is 39.0 Å². The Kier molecular flexibility index (Phi) is 11.1. The molecular weight excluding hydrogens is 562 g/mol. The predicted molar refractivity (Wildman–Crippen MR) is 112 cm³/mol. The molecule has 150 valence electrons. The van der Waals surface area contributed by atoms with Crippen molar-refractivity contribution in [2.75, 3.05) is 0 Å². The molecule has 0 spiro atoms. The summed E-state index contributed by atoms with van der Waals surface area (Å²) >= 11 is 0. The maximum atomic E-state index is 3.86. The fourth-order valence-electron chi connectivity index (χ4n) is 3.99. The molecule has 29 heavy (non-hydrogen) atoms. The van der Waals surface area contributed by atoms with Gasteiger partial charge < -0.3 is 24.8 Å². The van der Waals surface area contributed by atoms with Crippen molar-refractivity contribution in [3.63, 3.8) is 0 Å². The number of allylic oxidation sites excluding steroid dienone is 5. The maximum absolute atomic E-state index is 3.86. The van der Waals surface area contributed by atoms with Crippen LogP contribution in [0.3, 0.4) is 0 Å². The van der Waals surface area contributed by atoms with Crippen molar-refractivity contribution in [1.29, 1.82) is 0 Å². The molecule has 2 aromatic carbocycles. The third-order valence-corrected chi connectivity index (χ3v) is 5.83. The molecule has 0 bridgehead atoms. The SMILES string of the molecule is C=CCC1c2[c-]cccc2-c2ccccc21.CC1=[C-]C(C)(C)C(C)=C1C.[Cl-].[Cl-].[Hf+4]. The Balaban J connectivity index is 0.000000535. The molecule has 2 aliphatic carbocycles. The van der Waals surface area contributed by atoms with Crippen molar-refractivity contribution in [2.24, 2.45) is 5.41 Å². The molecule has 3 heteroatoms. The summed E-state index contributed by atoms with van der Waals surface area (Å²) < 4.78 is 0. The predicted octanol–water partition coefficient (Wildman–Crippen LogP) is 1.29. The quantitative estimate of drug-likeness (QED) is 0.282. The summed E-state index contributed by atoms with van der Waals surface area (Å²) in [6, 6.07) is 18.3. The molecule has 0 amide bonds. The summed E-state index contributed by atoms with van der Waals surface area (Å²) in [6.07, 6.45) is 6.42. The van der Waals surface area contributed by atoms with Crippen LogP contribution < -0.4 is 24.8 Å². The van der Waals surface area contributed by atoms with Gasteiger partial charge in [-0.3, -0.25) is 6.08 Å². The van der Waals surface area contributed by atoms with Crippen LogP contribution in [0.4, 0.5) is 0 Å². The van der Waals surface area contributed by atoms with Crippen LogP contribution in [0, 0.1) is 17.6 Å². The summed E-state index contributed by atoms with van der Waals surface area (Å²) in [5.74, 6) is 0.449. The van der Waals surface area contributed by atoms with Gasteiger partial charge in [0, 0.05) is 0 Å². The van der Waals surface area contributed by atoms with E-state index in [1.54, 1.807) is 0 Å². The second kappa shape index (κ2) is 11.5. The molecule has 0 aromatic heterocycles. The third kappa shape index (κ3) is 5.63. The first kappa shape index (κ1) is 28.1. The van der Waals surface area contributed by atoms with Gasteiger partial charge in [0.2, 0.25) is 0 Å². The fourth-order valence-corrected chi connectivity index (χ4v) is 3.99. The summed E-state index contributed by atoms with van der Waals surface area (Å²) in [5.41, 5.74) is 9.83. The molecule has 2 aromatic rings. The van der Waals surface area contributed by atoms with Crippen molar-refractivity contribution < 1.29 is 50.7 Å². The average Bonchev–Trinajstić information content (AvgIpc) is 3.04. The van der Waals surface area contributed by atoms with E-state index in [2.05, 4.69) is 89.7 Å². The van der Waals surface area contributed by atoms with E-state index < -0.39 is 0 Å². The van der Waals surface area contributed by atoms with Crippen LogP contribution in [0.5, 0.6) is 0 Å². The van der Waals surface area contributed by atoms with Crippen molar-refractivity contribution in [1.82, 2.24) is 0 Å². The number of rotatable bonds is 2. The van der Waals surface area contributed by atoms with Crippen LogP contribution in [0.15, 0.2) is 71.8 Å². The van der Waals surface area contributed by atoms with Gasteiger partial charge in [-0.1, -0.05) is 69.0 Å². The molecular formula is C26H28Cl2Hf. The first-order valence-corrected chi connectivity index (χ1v) is 9.37. The van der Waals surface area contributed by atoms with E-state index in [-0.39, 0.29) is 56.1 Å². The van der Waals surface area contributed by atoms with Gasteiger partial charge in [0.1, 0.15) is 0 Å². The Bertz CT molecular complexity index is 861. The van der Waals surface area contributed by atoms with Crippen molar-refractivity contribution >= 4 is 0 Å². The van der Waals surface area contributed by atoms with Gasteiger partial charge in [-0.05, 0) is 17.9 Å². The van der Waals surface area contributed by atoms with E-state index in [1.807, 2.05) is 12.1 Å². The Labute approximate surface area is 208 Å². The summed E-state index contributed by atoms with van der Waals surface area (Å²) in [4.78, 5) is 0. The smallest absolute Gasteiger partial charge is 1.00 e. The van der Waals surface area contributed by atoms with Crippen LogP contribution in [-0.4, -0.2) is 0 Å². The minimum atomic E-state index is 0. The number of benzene rings is 2. The van der Waals surface area contributed by atoms with E-state index in [4.69, 9.17) is 0 Å². The first-order valence-electron chi connectivity index (χ1n) is 9.37. The minimum absolute atomic E-state index is 0. The van der Waals surface area contributed by atoms with E-state index in [0.717, 1.165) is 6.42 Å². The fraction of sp³-hybridized carbons (Fsp3) is 0.308. The molecule has 4 rings (SSSR count). The Morgan fingerprint density at radius 2 is 1.62 bits per heavy atom. The maximum Gasteiger partial charge on any atom is 4.00 e. The van der Waals surface area contributed by atoms with E-state index in [0.29, 0.717) is 5.92 Å². The molecule has 0 saturated heterocycles. The van der Waals surface area contributed by atoms with Gasteiger partial charge in [-0.2, -0.15) is 35.4 Å². The Hall–Kier alpha value is -0.890. The molecule has 0 nitrogen and oxygen atoms in total.